The van der Waals surface area contributed by atoms with Gasteiger partial charge in [0.2, 0.25) is 18.2 Å². The van der Waals surface area contributed by atoms with E-state index >= 15 is 0 Å². The van der Waals surface area contributed by atoms with Crippen molar-refractivity contribution in [2.45, 2.75) is 119 Å². The highest BCUT2D eigenvalue weighted by atomic mass is 16.2. The minimum Gasteiger partial charge on any atom is -0.328 e. The molecule has 2 fully saturated rings. The fraction of sp³-hybridized carbons (Fsp3) is 0.727. The normalized spacial score (nSPS) is 24.9. The van der Waals surface area contributed by atoms with Gasteiger partial charge in [0.15, 0.2) is 0 Å². The van der Waals surface area contributed by atoms with Crippen LogP contribution in [-0.4, -0.2) is 18.2 Å². The first-order chi connectivity index (χ1) is 18.2. The van der Waals surface area contributed by atoms with E-state index in [2.05, 4.69) is 71.3 Å². The number of rotatable bonds is 8. The molecule has 0 radical (unpaired) electrons. The number of hydrogen-bond donors (Lipinski definition) is 3. The Kier molecular flexibility index (Phi) is 10.3. The molecule has 6 nitrogen and oxygen atoms in total. The van der Waals surface area contributed by atoms with Crippen LogP contribution in [0.3, 0.4) is 0 Å². The highest BCUT2D eigenvalue weighted by molar-refractivity contribution is 5.99. The summed E-state index contributed by atoms with van der Waals surface area (Å²) in [5, 5.41) is 9.17. The smallest absolute Gasteiger partial charge is 0.227 e. The summed E-state index contributed by atoms with van der Waals surface area (Å²) in [7, 11) is 0. The van der Waals surface area contributed by atoms with Gasteiger partial charge in [0.05, 0.1) is 0 Å². The van der Waals surface area contributed by atoms with Gasteiger partial charge < -0.3 is 16.0 Å². The molecule has 0 aromatic heterocycles. The predicted molar refractivity (Wildman–Crippen MR) is 162 cm³/mol. The van der Waals surface area contributed by atoms with Gasteiger partial charge in [-0.15, -0.1) is 0 Å². The average molecular weight is 540 g/mol. The number of nitrogens with one attached hydrogen (secondary N) is 3. The third-order valence-electron chi connectivity index (χ3n) is 9.67. The second kappa shape index (κ2) is 12.9. The molecule has 0 spiro atoms. The van der Waals surface area contributed by atoms with E-state index in [4.69, 9.17) is 0 Å². The first-order valence-corrected chi connectivity index (χ1v) is 15.2. The molecule has 1 atom stereocenters. The summed E-state index contributed by atoms with van der Waals surface area (Å²) < 4.78 is 0. The fourth-order valence-corrected chi connectivity index (χ4v) is 6.67. The summed E-state index contributed by atoms with van der Waals surface area (Å²) in [6.45, 7) is 17.9. The second-order valence-electron chi connectivity index (χ2n) is 14.4. The largest absolute Gasteiger partial charge is 0.328 e. The van der Waals surface area contributed by atoms with Crippen molar-refractivity contribution in [1.82, 2.24) is 0 Å². The van der Waals surface area contributed by atoms with Gasteiger partial charge >= 0.3 is 0 Å². The van der Waals surface area contributed by atoms with Crippen molar-refractivity contribution >= 4 is 35.3 Å². The van der Waals surface area contributed by atoms with Gasteiger partial charge in [0, 0.05) is 34.5 Å². The monoisotopic (exact) mass is 539 g/mol. The summed E-state index contributed by atoms with van der Waals surface area (Å²) in [4.78, 5) is 38.3. The van der Waals surface area contributed by atoms with Crippen LogP contribution in [0.2, 0.25) is 0 Å². The highest BCUT2D eigenvalue weighted by Crippen LogP contribution is 2.43. The van der Waals surface area contributed by atoms with Crippen molar-refractivity contribution in [2.24, 2.45) is 34.5 Å². The highest BCUT2D eigenvalue weighted by Gasteiger charge is 2.34. The van der Waals surface area contributed by atoms with E-state index in [-0.39, 0.29) is 40.4 Å². The third kappa shape index (κ3) is 8.08. The molecule has 1 aromatic rings. The second-order valence-corrected chi connectivity index (χ2v) is 14.4. The van der Waals surface area contributed by atoms with Crippen LogP contribution >= 0.6 is 0 Å². The van der Waals surface area contributed by atoms with Crippen LogP contribution in [0.1, 0.15) is 125 Å². The standard InChI is InChI=1S/C33H53N3O3/c1-9-21(2)29-27(34-20-37)18-26(35-30(38)22-10-14-24(15-11-22)32(3,4)5)19-28(29)36-31(39)23-12-16-25(17-13-23)33(6,7)8/h18-25H,9-17H2,1-8H3,(H,34,37)(H,35,38)(H,36,39)/t21?,22-,23-,24-,25-. The number of carbonyl (C=O) groups excluding carboxylic acids is 3. The molecule has 1 aromatic carbocycles. The molecule has 1 unspecified atom stereocenters. The maximum Gasteiger partial charge on any atom is 0.227 e. The van der Waals surface area contributed by atoms with Gasteiger partial charge in [-0.2, -0.15) is 0 Å². The third-order valence-corrected chi connectivity index (χ3v) is 9.67. The Bertz CT molecular complexity index is 1000. The molecule has 3 amide bonds. The van der Waals surface area contributed by atoms with E-state index in [9.17, 15) is 14.4 Å². The van der Waals surface area contributed by atoms with Crippen molar-refractivity contribution < 1.29 is 14.4 Å². The molecule has 2 aliphatic carbocycles. The molecule has 0 heterocycles. The molecule has 218 valence electrons. The quantitative estimate of drug-likeness (QED) is 0.290. The van der Waals surface area contributed by atoms with Crippen molar-refractivity contribution in [1.29, 1.82) is 0 Å². The van der Waals surface area contributed by atoms with Crippen LogP contribution in [-0.2, 0) is 14.4 Å². The molecule has 3 rings (SSSR count). The number of benzene rings is 1. The van der Waals surface area contributed by atoms with Gasteiger partial charge in [-0.1, -0.05) is 55.4 Å². The number of amides is 3. The maximum absolute atomic E-state index is 13.5. The minimum absolute atomic E-state index is 0.0173. The molecule has 0 aliphatic heterocycles. The summed E-state index contributed by atoms with van der Waals surface area (Å²) in [6.07, 6.45) is 9.32. The lowest BCUT2D eigenvalue weighted by molar-refractivity contribution is -0.122. The SMILES string of the molecule is CCC(C)c1c(NC=O)cc(NC(=O)[C@H]2CC[C@H](C(C)(C)C)CC2)cc1NC(=O)[C@H]1CC[C@H](C(C)(C)C)CC1. The molecule has 2 saturated carbocycles. The Labute approximate surface area is 236 Å². The topological polar surface area (TPSA) is 87.3 Å². The van der Waals surface area contributed by atoms with Crippen LogP contribution in [0.5, 0.6) is 0 Å². The first-order valence-electron chi connectivity index (χ1n) is 15.2. The van der Waals surface area contributed by atoms with E-state index in [1.165, 1.54) is 0 Å². The van der Waals surface area contributed by atoms with Crippen molar-refractivity contribution in [3.8, 4) is 0 Å². The molecule has 0 bridgehead atoms. The maximum atomic E-state index is 13.5. The van der Waals surface area contributed by atoms with Crippen molar-refractivity contribution in [2.75, 3.05) is 16.0 Å². The van der Waals surface area contributed by atoms with Gasteiger partial charge in [0.1, 0.15) is 0 Å². The van der Waals surface area contributed by atoms with E-state index in [1.54, 1.807) is 0 Å². The fourth-order valence-electron chi connectivity index (χ4n) is 6.67. The van der Waals surface area contributed by atoms with E-state index < -0.39 is 0 Å². The summed E-state index contributed by atoms with van der Waals surface area (Å²) in [5.41, 5.74) is 3.37. The van der Waals surface area contributed by atoms with E-state index in [0.717, 1.165) is 63.4 Å². The summed E-state index contributed by atoms with van der Waals surface area (Å²) >= 11 is 0. The Balaban J connectivity index is 1.80. The zero-order valence-corrected chi connectivity index (χ0v) is 25.7. The lowest BCUT2D eigenvalue weighted by atomic mass is 9.69. The average Bonchev–Trinajstić information content (AvgIpc) is 2.87. The van der Waals surface area contributed by atoms with Gasteiger partial charge in [-0.05, 0) is 98.5 Å². The predicted octanol–water partition coefficient (Wildman–Crippen LogP) is 8.35. The molecular formula is C33H53N3O3. The van der Waals surface area contributed by atoms with Crippen LogP contribution < -0.4 is 16.0 Å². The molecule has 2 aliphatic rings. The van der Waals surface area contributed by atoms with Gasteiger partial charge in [0.25, 0.3) is 0 Å². The van der Waals surface area contributed by atoms with Gasteiger partial charge in [-0.25, -0.2) is 0 Å². The molecule has 39 heavy (non-hydrogen) atoms. The Hall–Kier alpha value is -2.37. The van der Waals surface area contributed by atoms with Crippen LogP contribution in [0.4, 0.5) is 17.1 Å². The summed E-state index contributed by atoms with van der Waals surface area (Å²) in [5.74, 6) is 1.42. The Morgan fingerprint density at radius 1 is 0.795 bits per heavy atom. The summed E-state index contributed by atoms with van der Waals surface area (Å²) in [6, 6.07) is 3.72. The first kappa shape index (κ1) is 31.2. The Morgan fingerprint density at radius 3 is 1.64 bits per heavy atom. The number of anilines is 3. The van der Waals surface area contributed by atoms with Crippen LogP contribution in [0.25, 0.3) is 0 Å². The van der Waals surface area contributed by atoms with E-state index in [0.29, 0.717) is 35.3 Å². The number of hydrogen-bond acceptors (Lipinski definition) is 3. The number of carbonyl (C=O) groups is 3. The van der Waals surface area contributed by atoms with Crippen molar-refractivity contribution in [3.63, 3.8) is 0 Å². The van der Waals surface area contributed by atoms with Crippen LogP contribution in [0.15, 0.2) is 12.1 Å². The lowest BCUT2D eigenvalue weighted by Crippen LogP contribution is -2.32. The zero-order valence-electron chi connectivity index (χ0n) is 25.7. The molecule has 6 heteroatoms. The molecule has 3 N–H and O–H groups in total. The zero-order chi connectivity index (χ0) is 29.0. The lowest BCUT2D eigenvalue weighted by Gasteiger charge is -2.36. The van der Waals surface area contributed by atoms with Gasteiger partial charge in [-0.3, -0.25) is 14.4 Å². The molecular weight excluding hydrogens is 486 g/mol. The molecule has 0 saturated heterocycles. The van der Waals surface area contributed by atoms with E-state index in [1.807, 2.05) is 12.1 Å². The minimum atomic E-state index is -0.0212. The van der Waals surface area contributed by atoms with Crippen molar-refractivity contribution in [3.05, 3.63) is 17.7 Å². The van der Waals surface area contributed by atoms with Crippen LogP contribution in [0, 0.1) is 34.5 Å². The Morgan fingerprint density at radius 2 is 1.23 bits per heavy atom.